The minimum Gasteiger partial charge on any atom is -0.479 e. The summed E-state index contributed by atoms with van der Waals surface area (Å²) in [6.45, 7) is 0.109. The Balaban J connectivity index is 2.71. The van der Waals surface area contributed by atoms with Gasteiger partial charge in [0.15, 0.2) is 5.76 Å². The first-order chi connectivity index (χ1) is 5.27. The third-order valence-corrected chi connectivity index (χ3v) is 1.27. The topological polar surface area (TPSA) is 81.5 Å². The molecule has 1 aromatic heterocycles. The molecule has 1 heterocycles. The molecule has 0 unspecified atom stereocenters. The lowest BCUT2D eigenvalue weighted by Gasteiger charge is -1.98. The van der Waals surface area contributed by atoms with Crippen LogP contribution in [-0.4, -0.2) is 23.9 Å². The number of nitrogens with zero attached hydrogens (tertiary/aromatic N) is 1. The first kappa shape index (κ1) is 8.03. The Morgan fingerprint density at radius 2 is 2.64 bits per heavy atom. The summed E-state index contributed by atoms with van der Waals surface area (Å²) in [6.07, 6.45) is -0.800. The van der Waals surface area contributed by atoms with Crippen LogP contribution in [0.1, 0.15) is 11.9 Å². The summed E-state index contributed by atoms with van der Waals surface area (Å²) >= 11 is 0. The normalized spacial score (nSPS) is 13.0. The summed E-state index contributed by atoms with van der Waals surface area (Å²) in [4.78, 5) is 0. The van der Waals surface area contributed by atoms with E-state index in [0.717, 1.165) is 0 Å². The van der Waals surface area contributed by atoms with Gasteiger partial charge in [0.1, 0.15) is 6.10 Å². The van der Waals surface area contributed by atoms with E-state index in [1.165, 1.54) is 13.2 Å². The minimum absolute atomic E-state index is 0.109. The third kappa shape index (κ3) is 1.69. The zero-order chi connectivity index (χ0) is 8.27. The lowest BCUT2D eigenvalue weighted by Crippen LogP contribution is -2.10. The molecule has 0 saturated carbocycles. The lowest BCUT2D eigenvalue weighted by atomic mass is 10.3. The maximum Gasteiger partial charge on any atom is 0.254 e. The van der Waals surface area contributed by atoms with E-state index in [9.17, 15) is 0 Å². The van der Waals surface area contributed by atoms with E-state index < -0.39 is 6.10 Å². The smallest absolute Gasteiger partial charge is 0.254 e. The van der Waals surface area contributed by atoms with Gasteiger partial charge in [0.05, 0.1) is 7.11 Å². The predicted molar refractivity (Wildman–Crippen MR) is 37.1 cm³/mol. The van der Waals surface area contributed by atoms with Crippen molar-refractivity contribution in [2.24, 2.45) is 5.73 Å². The first-order valence-corrected chi connectivity index (χ1v) is 3.16. The molecule has 62 valence electrons. The summed E-state index contributed by atoms with van der Waals surface area (Å²) in [5.41, 5.74) is 5.18. The standard InChI is InChI=1S/C6H10N2O3/c1-10-6-2-5(11-8-6)4(9)3-7/h2,4,9H,3,7H2,1H3/t4-/m0/s1. The highest BCUT2D eigenvalue weighted by molar-refractivity contribution is 5.12. The van der Waals surface area contributed by atoms with Gasteiger partial charge in [0.2, 0.25) is 0 Å². The number of ether oxygens (including phenoxy) is 1. The average molecular weight is 158 g/mol. The summed E-state index contributed by atoms with van der Waals surface area (Å²) in [5.74, 6) is 0.664. The molecule has 0 aliphatic carbocycles. The molecule has 0 aromatic carbocycles. The van der Waals surface area contributed by atoms with Gasteiger partial charge in [-0.2, -0.15) is 0 Å². The van der Waals surface area contributed by atoms with Gasteiger partial charge >= 0.3 is 0 Å². The molecule has 1 rings (SSSR count). The van der Waals surface area contributed by atoms with Crippen LogP contribution in [0.4, 0.5) is 0 Å². The molecule has 0 aliphatic rings. The molecule has 5 heteroatoms. The number of hydrogen-bond acceptors (Lipinski definition) is 5. The van der Waals surface area contributed by atoms with E-state index in [4.69, 9.17) is 20.1 Å². The number of aromatic nitrogens is 1. The fourth-order valence-electron chi connectivity index (χ4n) is 0.641. The Kier molecular flexibility index (Phi) is 2.45. The van der Waals surface area contributed by atoms with E-state index in [1.807, 2.05) is 0 Å². The second kappa shape index (κ2) is 3.36. The van der Waals surface area contributed by atoms with Crippen molar-refractivity contribution in [1.29, 1.82) is 0 Å². The van der Waals surface area contributed by atoms with Gasteiger partial charge in [-0.1, -0.05) is 0 Å². The number of hydrogen-bond donors (Lipinski definition) is 2. The van der Waals surface area contributed by atoms with Gasteiger partial charge in [-0.3, -0.25) is 0 Å². The van der Waals surface area contributed by atoms with Crippen molar-refractivity contribution >= 4 is 0 Å². The van der Waals surface area contributed by atoms with Crippen LogP contribution in [-0.2, 0) is 0 Å². The highest BCUT2D eigenvalue weighted by Gasteiger charge is 2.11. The highest BCUT2D eigenvalue weighted by Crippen LogP contribution is 2.16. The molecule has 0 saturated heterocycles. The predicted octanol–water partition coefficient (Wildman–Crippen LogP) is -0.325. The van der Waals surface area contributed by atoms with Crippen LogP contribution in [0.15, 0.2) is 10.6 Å². The fourth-order valence-corrected chi connectivity index (χ4v) is 0.641. The van der Waals surface area contributed by atoms with Crippen LogP contribution in [0.25, 0.3) is 0 Å². The molecule has 11 heavy (non-hydrogen) atoms. The maximum atomic E-state index is 9.12. The Hall–Kier alpha value is -1.07. The van der Waals surface area contributed by atoms with Crippen LogP contribution in [0.5, 0.6) is 5.88 Å². The zero-order valence-electron chi connectivity index (χ0n) is 6.15. The molecule has 0 fully saturated rings. The molecular weight excluding hydrogens is 148 g/mol. The fraction of sp³-hybridized carbons (Fsp3) is 0.500. The lowest BCUT2D eigenvalue weighted by molar-refractivity contribution is 0.146. The van der Waals surface area contributed by atoms with Gasteiger partial charge in [-0.05, 0) is 5.16 Å². The molecule has 0 radical (unpaired) electrons. The van der Waals surface area contributed by atoms with E-state index in [0.29, 0.717) is 11.6 Å². The van der Waals surface area contributed by atoms with Gasteiger partial charge in [0, 0.05) is 12.6 Å². The van der Waals surface area contributed by atoms with Crippen LogP contribution in [0.3, 0.4) is 0 Å². The number of aliphatic hydroxyl groups excluding tert-OH is 1. The summed E-state index contributed by atoms with van der Waals surface area (Å²) in [6, 6.07) is 1.50. The summed E-state index contributed by atoms with van der Waals surface area (Å²) in [7, 11) is 1.47. The van der Waals surface area contributed by atoms with Crippen molar-refractivity contribution in [2.45, 2.75) is 6.10 Å². The van der Waals surface area contributed by atoms with Crippen molar-refractivity contribution in [3.05, 3.63) is 11.8 Å². The Bertz CT molecular complexity index is 223. The Morgan fingerprint density at radius 1 is 1.91 bits per heavy atom. The van der Waals surface area contributed by atoms with Crippen molar-refractivity contribution in [3.63, 3.8) is 0 Å². The quantitative estimate of drug-likeness (QED) is 0.629. The summed E-state index contributed by atoms with van der Waals surface area (Å²) < 4.78 is 9.44. The van der Waals surface area contributed by atoms with Crippen LogP contribution >= 0.6 is 0 Å². The molecule has 0 amide bonds. The highest BCUT2D eigenvalue weighted by atomic mass is 16.5. The maximum absolute atomic E-state index is 9.12. The van der Waals surface area contributed by atoms with Gasteiger partial charge < -0.3 is 20.1 Å². The molecule has 5 nitrogen and oxygen atoms in total. The van der Waals surface area contributed by atoms with E-state index in [2.05, 4.69) is 5.16 Å². The molecule has 0 aliphatic heterocycles. The van der Waals surface area contributed by atoms with Crippen molar-refractivity contribution in [3.8, 4) is 5.88 Å². The number of aliphatic hydroxyl groups is 1. The van der Waals surface area contributed by atoms with Crippen molar-refractivity contribution in [2.75, 3.05) is 13.7 Å². The minimum atomic E-state index is -0.800. The first-order valence-electron chi connectivity index (χ1n) is 3.16. The second-order valence-corrected chi connectivity index (χ2v) is 2.02. The van der Waals surface area contributed by atoms with E-state index >= 15 is 0 Å². The van der Waals surface area contributed by atoms with Crippen LogP contribution in [0, 0.1) is 0 Å². The zero-order valence-corrected chi connectivity index (χ0v) is 6.15. The number of methoxy groups -OCH3 is 1. The molecular formula is C6H10N2O3. The van der Waals surface area contributed by atoms with Crippen LogP contribution < -0.4 is 10.5 Å². The molecule has 0 bridgehead atoms. The van der Waals surface area contributed by atoms with Gasteiger partial charge in [0.25, 0.3) is 5.88 Å². The Labute approximate surface area is 63.7 Å². The Morgan fingerprint density at radius 3 is 3.09 bits per heavy atom. The van der Waals surface area contributed by atoms with Gasteiger partial charge in [-0.15, -0.1) is 0 Å². The second-order valence-electron chi connectivity index (χ2n) is 2.02. The van der Waals surface area contributed by atoms with Crippen LogP contribution in [0.2, 0.25) is 0 Å². The number of rotatable bonds is 3. The van der Waals surface area contributed by atoms with Gasteiger partial charge in [-0.25, -0.2) is 0 Å². The van der Waals surface area contributed by atoms with E-state index in [-0.39, 0.29) is 6.54 Å². The molecule has 1 atom stereocenters. The largest absolute Gasteiger partial charge is 0.479 e. The molecule has 3 N–H and O–H groups in total. The van der Waals surface area contributed by atoms with Crippen molar-refractivity contribution < 1.29 is 14.4 Å². The monoisotopic (exact) mass is 158 g/mol. The SMILES string of the molecule is COc1cc([C@@H](O)CN)on1. The molecule has 0 spiro atoms. The summed E-state index contributed by atoms with van der Waals surface area (Å²) in [5, 5.41) is 12.6. The van der Waals surface area contributed by atoms with Crippen molar-refractivity contribution in [1.82, 2.24) is 5.16 Å². The average Bonchev–Trinajstić information content (AvgIpc) is 2.50. The number of nitrogens with two attached hydrogens (primary N) is 1. The molecule has 1 aromatic rings. The van der Waals surface area contributed by atoms with E-state index in [1.54, 1.807) is 0 Å². The third-order valence-electron chi connectivity index (χ3n) is 1.27.